The molecule has 1 aliphatic heterocycles. The number of benzene rings is 2. The Labute approximate surface area is 137 Å². The topological polar surface area (TPSA) is 49.4 Å². The predicted molar refractivity (Wildman–Crippen MR) is 89.1 cm³/mol. The maximum Gasteiger partial charge on any atom is 0.295 e. The third kappa shape index (κ3) is 3.60. The first-order valence-corrected chi connectivity index (χ1v) is 7.75. The Hall–Kier alpha value is -2.60. The predicted octanol–water partition coefficient (Wildman–Crippen LogP) is 3.93. The molecule has 116 valence electrons. The maximum atomic E-state index is 12.9. The number of nitrogens with one attached hydrogen (secondary N) is 1. The summed E-state index contributed by atoms with van der Waals surface area (Å²) in [5.74, 6) is -0.699. The first kappa shape index (κ1) is 15.3. The van der Waals surface area contributed by atoms with Crippen molar-refractivity contribution in [1.29, 1.82) is 0 Å². The number of halogens is 1. The van der Waals surface area contributed by atoms with Gasteiger partial charge in [0.05, 0.1) is 11.6 Å². The minimum absolute atomic E-state index is 0.107. The molecule has 1 heterocycles. The van der Waals surface area contributed by atoms with Crippen LogP contribution in [0.25, 0.3) is 6.08 Å². The van der Waals surface area contributed by atoms with Crippen molar-refractivity contribution < 1.29 is 14.0 Å². The van der Waals surface area contributed by atoms with Crippen molar-refractivity contribution in [2.24, 2.45) is 0 Å². The van der Waals surface area contributed by atoms with Crippen LogP contribution < -0.4 is 5.32 Å². The van der Waals surface area contributed by atoms with Gasteiger partial charge in [0.15, 0.2) is 0 Å². The molecule has 0 radical (unpaired) electrons. The number of thioether (sulfide) groups is 1. The van der Waals surface area contributed by atoms with Gasteiger partial charge in [-0.15, -0.1) is 0 Å². The van der Waals surface area contributed by atoms with Crippen molar-refractivity contribution in [1.82, 2.24) is 4.90 Å². The lowest BCUT2D eigenvalue weighted by Crippen LogP contribution is -2.33. The van der Waals surface area contributed by atoms with Gasteiger partial charge in [-0.1, -0.05) is 30.3 Å². The van der Waals surface area contributed by atoms with Gasteiger partial charge >= 0.3 is 0 Å². The van der Waals surface area contributed by atoms with E-state index in [4.69, 9.17) is 0 Å². The summed E-state index contributed by atoms with van der Waals surface area (Å²) in [6.07, 6.45) is 1.59. The van der Waals surface area contributed by atoms with Gasteiger partial charge in [-0.3, -0.25) is 14.5 Å². The molecule has 2 aromatic carbocycles. The summed E-state index contributed by atoms with van der Waals surface area (Å²) in [6, 6.07) is 15.1. The molecule has 0 spiro atoms. The van der Waals surface area contributed by atoms with E-state index in [1.165, 1.54) is 12.1 Å². The third-order valence-electron chi connectivity index (χ3n) is 3.26. The highest BCUT2D eigenvalue weighted by molar-refractivity contribution is 8.18. The summed E-state index contributed by atoms with van der Waals surface area (Å²) in [7, 11) is 0. The van der Waals surface area contributed by atoms with E-state index in [2.05, 4.69) is 5.32 Å². The van der Waals surface area contributed by atoms with Crippen LogP contribution in [0.15, 0.2) is 59.5 Å². The Morgan fingerprint density at radius 1 is 1.04 bits per heavy atom. The molecule has 0 saturated carbocycles. The average molecular weight is 328 g/mol. The van der Waals surface area contributed by atoms with Crippen LogP contribution in [-0.4, -0.2) is 22.7 Å². The molecule has 2 aromatic rings. The highest BCUT2D eigenvalue weighted by atomic mass is 32.2. The Kier molecular flexibility index (Phi) is 4.43. The van der Waals surface area contributed by atoms with Gasteiger partial charge in [0, 0.05) is 5.69 Å². The Balaban J connectivity index is 1.71. The summed E-state index contributed by atoms with van der Waals surface area (Å²) >= 11 is 0.881. The number of imide groups is 1. The van der Waals surface area contributed by atoms with Crippen molar-refractivity contribution in [3.8, 4) is 0 Å². The molecule has 1 fully saturated rings. The van der Waals surface area contributed by atoms with Gasteiger partial charge in [-0.25, -0.2) is 4.39 Å². The van der Waals surface area contributed by atoms with Gasteiger partial charge in [0.2, 0.25) is 0 Å². The SMILES string of the molecule is O=C1S/C(=C\c2ccc(F)cc2)C(=O)N1CNc1ccccc1. The van der Waals surface area contributed by atoms with Crippen LogP contribution in [0.4, 0.5) is 14.9 Å². The lowest BCUT2D eigenvalue weighted by molar-refractivity contribution is -0.122. The van der Waals surface area contributed by atoms with Crippen LogP contribution in [0.2, 0.25) is 0 Å². The second-order valence-corrected chi connectivity index (χ2v) is 5.86. The number of nitrogens with zero attached hydrogens (tertiary/aromatic N) is 1. The van der Waals surface area contributed by atoms with Crippen LogP contribution in [0.3, 0.4) is 0 Å². The van der Waals surface area contributed by atoms with Gasteiger partial charge in [0.1, 0.15) is 5.82 Å². The van der Waals surface area contributed by atoms with E-state index >= 15 is 0 Å². The molecule has 0 aromatic heterocycles. The molecule has 0 unspecified atom stereocenters. The van der Waals surface area contributed by atoms with Gasteiger partial charge in [0.25, 0.3) is 11.1 Å². The fourth-order valence-electron chi connectivity index (χ4n) is 2.07. The standard InChI is InChI=1S/C17H13FN2O2S/c18-13-8-6-12(7-9-13)10-15-16(21)20(17(22)23-15)11-19-14-4-2-1-3-5-14/h1-10,19H,11H2/b15-10-. The largest absolute Gasteiger partial charge is 0.367 e. The molecule has 2 amide bonds. The first-order valence-electron chi connectivity index (χ1n) is 6.93. The van der Waals surface area contributed by atoms with E-state index in [-0.39, 0.29) is 23.6 Å². The summed E-state index contributed by atoms with van der Waals surface area (Å²) < 4.78 is 12.9. The molecule has 0 bridgehead atoms. The fraction of sp³-hybridized carbons (Fsp3) is 0.0588. The molecule has 1 aliphatic rings. The van der Waals surface area contributed by atoms with E-state index in [1.54, 1.807) is 18.2 Å². The van der Waals surface area contributed by atoms with Gasteiger partial charge < -0.3 is 5.32 Å². The van der Waals surface area contributed by atoms with Crippen molar-refractivity contribution in [2.75, 3.05) is 12.0 Å². The molecule has 0 aliphatic carbocycles. The molecule has 1 saturated heterocycles. The number of anilines is 1. The monoisotopic (exact) mass is 328 g/mol. The minimum atomic E-state index is -0.354. The fourth-order valence-corrected chi connectivity index (χ4v) is 2.91. The maximum absolute atomic E-state index is 12.9. The van der Waals surface area contributed by atoms with Crippen molar-refractivity contribution in [2.45, 2.75) is 0 Å². The number of carbonyl (C=O) groups is 2. The van der Waals surface area contributed by atoms with Crippen LogP contribution in [0.1, 0.15) is 5.56 Å². The molecule has 3 rings (SSSR count). The van der Waals surface area contributed by atoms with E-state index in [1.807, 2.05) is 30.3 Å². The Bertz CT molecular complexity index is 760. The van der Waals surface area contributed by atoms with E-state index in [0.29, 0.717) is 10.5 Å². The highest BCUT2D eigenvalue weighted by Crippen LogP contribution is 2.32. The zero-order valence-electron chi connectivity index (χ0n) is 12.0. The quantitative estimate of drug-likeness (QED) is 0.864. The lowest BCUT2D eigenvalue weighted by Gasteiger charge is -2.14. The van der Waals surface area contributed by atoms with Gasteiger partial charge in [-0.2, -0.15) is 0 Å². The number of para-hydroxylation sites is 1. The average Bonchev–Trinajstić information content (AvgIpc) is 2.82. The number of hydrogen-bond acceptors (Lipinski definition) is 4. The third-order valence-corrected chi connectivity index (χ3v) is 4.16. The van der Waals surface area contributed by atoms with E-state index < -0.39 is 0 Å². The smallest absolute Gasteiger partial charge is 0.295 e. The molecule has 6 heteroatoms. The number of hydrogen-bond donors (Lipinski definition) is 1. The summed E-state index contributed by atoms with van der Waals surface area (Å²) in [5, 5.41) is 2.71. The Morgan fingerprint density at radius 3 is 2.43 bits per heavy atom. The van der Waals surface area contributed by atoms with Crippen LogP contribution in [0, 0.1) is 5.82 Å². The zero-order chi connectivity index (χ0) is 16.2. The van der Waals surface area contributed by atoms with Crippen LogP contribution in [0.5, 0.6) is 0 Å². The second-order valence-electron chi connectivity index (χ2n) is 4.86. The molecule has 4 nitrogen and oxygen atoms in total. The summed E-state index contributed by atoms with van der Waals surface area (Å²) in [5.41, 5.74) is 1.50. The minimum Gasteiger partial charge on any atom is -0.367 e. The normalized spacial score (nSPS) is 16.2. The number of rotatable bonds is 4. The molecule has 0 atom stereocenters. The van der Waals surface area contributed by atoms with Crippen molar-refractivity contribution in [3.05, 3.63) is 70.9 Å². The second kappa shape index (κ2) is 6.66. The van der Waals surface area contributed by atoms with Crippen LogP contribution >= 0.6 is 11.8 Å². The van der Waals surface area contributed by atoms with Crippen LogP contribution in [-0.2, 0) is 4.79 Å². The number of amides is 2. The summed E-state index contributed by atoms with van der Waals surface area (Å²) in [4.78, 5) is 25.8. The molecular weight excluding hydrogens is 315 g/mol. The zero-order valence-corrected chi connectivity index (χ0v) is 12.8. The number of carbonyl (C=O) groups excluding carboxylic acids is 2. The van der Waals surface area contributed by atoms with Crippen molar-refractivity contribution in [3.63, 3.8) is 0 Å². The van der Waals surface area contributed by atoms with Crippen molar-refractivity contribution >= 4 is 34.7 Å². The van der Waals surface area contributed by atoms with E-state index in [0.717, 1.165) is 22.3 Å². The molecule has 23 heavy (non-hydrogen) atoms. The Morgan fingerprint density at radius 2 is 1.74 bits per heavy atom. The lowest BCUT2D eigenvalue weighted by atomic mass is 10.2. The highest BCUT2D eigenvalue weighted by Gasteiger charge is 2.34. The molecular formula is C17H13FN2O2S. The first-order chi connectivity index (χ1) is 11.1. The van der Waals surface area contributed by atoms with Gasteiger partial charge in [-0.05, 0) is 47.7 Å². The molecule has 1 N–H and O–H groups in total. The van der Waals surface area contributed by atoms with E-state index in [9.17, 15) is 14.0 Å². The summed E-state index contributed by atoms with van der Waals surface area (Å²) in [6.45, 7) is 0.107.